The van der Waals surface area contributed by atoms with Crippen molar-refractivity contribution in [3.05, 3.63) is 0 Å². The molecule has 0 aliphatic carbocycles. The van der Waals surface area contributed by atoms with Gasteiger partial charge in [0.25, 0.3) is 0 Å². The minimum absolute atomic E-state index is 1.33. The Hall–Kier alpha value is 1.28. The average Bonchev–Trinajstić information content (AvgIpc) is 2.12. The van der Waals surface area contributed by atoms with Crippen molar-refractivity contribution >= 4 is 60.2 Å². The van der Waals surface area contributed by atoms with E-state index in [1.54, 1.807) is 0 Å². The Morgan fingerprint density at radius 1 is 0.393 bits per heavy atom. The van der Waals surface area contributed by atoms with Crippen molar-refractivity contribution in [2.45, 2.75) is 98.2 Å². The van der Waals surface area contributed by atoms with Crippen molar-refractivity contribution in [1.29, 1.82) is 0 Å². The van der Waals surface area contributed by atoms with Gasteiger partial charge in [0.2, 0.25) is 0 Å². The van der Waals surface area contributed by atoms with Gasteiger partial charge in [-0.1, -0.05) is 0 Å². The van der Waals surface area contributed by atoms with Gasteiger partial charge < -0.3 is 24.7 Å². The second-order valence-corrected chi connectivity index (χ2v) is 36.5. The van der Waals surface area contributed by atoms with E-state index >= 15 is 0 Å². The smallest absolute Gasteiger partial charge is 0.360 e. The number of hydrogen-bond donors (Lipinski definition) is 0. The van der Waals surface area contributed by atoms with E-state index in [9.17, 15) is 0 Å². The minimum Gasteiger partial charge on any atom is -0.437 e. The molecule has 0 amide bonds. The summed E-state index contributed by atoms with van der Waals surface area (Å²) >= 11 is 0. The van der Waals surface area contributed by atoms with Gasteiger partial charge in [0.15, 0.2) is 16.6 Å². The lowest BCUT2D eigenvalue weighted by atomic mass is 11.8. The van der Waals surface area contributed by atoms with Gasteiger partial charge in [-0.15, -0.1) is 0 Å². The number of hydrogen-bond acceptors (Lipinski definition) is 6. The first-order valence-electron chi connectivity index (χ1n) is 9.95. The van der Waals surface area contributed by atoms with Crippen LogP contribution in [0.1, 0.15) is 0 Å². The second-order valence-electron chi connectivity index (χ2n) is 10.9. The Morgan fingerprint density at radius 3 is 1.04 bits per heavy atom. The fourth-order valence-corrected chi connectivity index (χ4v) is 32.4. The largest absolute Gasteiger partial charge is 0.437 e. The van der Waals surface area contributed by atoms with Crippen molar-refractivity contribution in [2.75, 3.05) is 0 Å². The van der Waals surface area contributed by atoms with Crippen LogP contribution in [0.2, 0.25) is 98.2 Å². The van der Waals surface area contributed by atoms with E-state index in [0.717, 1.165) is 0 Å². The van der Waals surface area contributed by atoms with Crippen molar-refractivity contribution in [2.24, 2.45) is 0 Å². The minimum atomic E-state index is -2.43. The molecule has 0 bridgehead atoms. The quantitative estimate of drug-likeness (QED) is 0.310. The molecule has 0 aromatic rings. The summed E-state index contributed by atoms with van der Waals surface area (Å²) in [6.07, 6.45) is 0. The highest BCUT2D eigenvalue weighted by atomic mass is 28.5. The molecule has 0 aliphatic rings. The average molecular weight is 518 g/mol. The molecule has 0 aromatic carbocycles. The molecule has 28 heavy (non-hydrogen) atoms. The summed E-state index contributed by atoms with van der Waals surface area (Å²) in [6, 6.07) is 0. The molecule has 0 N–H and O–H groups in total. The zero-order valence-electron chi connectivity index (χ0n) is 20.9. The Balaban J connectivity index is 5.00. The van der Waals surface area contributed by atoms with Crippen molar-refractivity contribution in [3.8, 4) is 0 Å². The van der Waals surface area contributed by atoms with E-state index in [-0.39, 0.29) is 0 Å². The van der Waals surface area contributed by atoms with Crippen molar-refractivity contribution in [3.63, 3.8) is 0 Å². The first-order chi connectivity index (χ1) is 11.9. The Bertz CT molecular complexity index is 500. The normalized spacial score (nSPS) is 15.4. The lowest BCUT2D eigenvalue weighted by Crippen LogP contribution is -2.59. The van der Waals surface area contributed by atoms with Crippen LogP contribution in [0.25, 0.3) is 0 Å². The molecule has 13 heteroatoms. The van der Waals surface area contributed by atoms with Gasteiger partial charge in [-0.05, 0) is 98.2 Å². The topological polar surface area (TPSA) is 55.4 Å². The summed E-state index contributed by atoms with van der Waals surface area (Å²) in [6.45, 7) is 31.9. The molecule has 0 unspecified atom stereocenters. The Morgan fingerprint density at radius 2 is 0.714 bits per heavy atom. The SMILES string of the molecule is C[Si](O[Si](C)(C)C)O[Si](C)(C)O[Si](C)(C)O[Si](C)(C)O[Si](C)(C)O[Si](C)(C)C. The van der Waals surface area contributed by atoms with Crippen LogP contribution in [-0.2, 0) is 24.7 Å². The molecule has 0 spiro atoms. The van der Waals surface area contributed by atoms with E-state index in [4.69, 9.17) is 24.7 Å². The first-order valence-corrected chi connectivity index (χ1v) is 29.8. The highest BCUT2D eigenvalue weighted by molar-refractivity contribution is 6.90. The summed E-state index contributed by atoms with van der Waals surface area (Å²) in [7, 11) is -14.1. The molecular weight excluding hydrogens is 473 g/mol. The van der Waals surface area contributed by atoms with Crippen LogP contribution in [0, 0.1) is 0 Å². The molecule has 0 saturated carbocycles. The lowest BCUT2D eigenvalue weighted by molar-refractivity contribution is 0.277. The number of rotatable bonds is 12. The van der Waals surface area contributed by atoms with E-state index < -0.39 is 60.2 Å². The molecule has 6 nitrogen and oxygen atoms in total. The summed E-state index contributed by atoms with van der Waals surface area (Å²) in [5, 5.41) is 0. The van der Waals surface area contributed by atoms with Crippen LogP contribution in [-0.4, -0.2) is 60.2 Å². The zero-order chi connectivity index (χ0) is 22.8. The van der Waals surface area contributed by atoms with Gasteiger partial charge >= 0.3 is 43.5 Å². The predicted molar refractivity (Wildman–Crippen MR) is 135 cm³/mol. The fraction of sp³-hybridized carbons (Fsp3) is 1.00. The van der Waals surface area contributed by atoms with Gasteiger partial charge in [0.05, 0.1) is 0 Å². The van der Waals surface area contributed by atoms with Crippen LogP contribution in [0.4, 0.5) is 0 Å². The standard InChI is InChI=1S/C15H45O6Si7/c1-22(16-23(2,3)4)17-25(8,9)19-27(12,13)21-28(14,15)20-26(10,11)18-24(5,6)7/h1-15H3. The van der Waals surface area contributed by atoms with Crippen LogP contribution in [0.3, 0.4) is 0 Å². The molecule has 0 atom stereocenters. The monoisotopic (exact) mass is 517 g/mol. The molecule has 0 aliphatic heterocycles. The van der Waals surface area contributed by atoms with E-state index in [0.29, 0.717) is 0 Å². The summed E-state index contributed by atoms with van der Waals surface area (Å²) in [5.41, 5.74) is 0. The maximum absolute atomic E-state index is 6.53. The van der Waals surface area contributed by atoms with Crippen LogP contribution in [0.5, 0.6) is 0 Å². The highest BCUT2D eigenvalue weighted by Gasteiger charge is 2.46. The second kappa shape index (κ2) is 9.82. The molecular formula is C15H45O6Si7. The van der Waals surface area contributed by atoms with Gasteiger partial charge in [-0.3, -0.25) is 0 Å². The van der Waals surface area contributed by atoms with Crippen LogP contribution < -0.4 is 0 Å². The Labute approximate surface area is 182 Å². The Kier molecular flexibility index (Phi) is 10.3. The zero-order valence-corrected chi connectivity index (χ0v) is 27.9. The van der Waals surface area contributed by atoms with Gasteiger partial charge in [-0.2, -0.15) is 0 Å². The van der Waals surface area contributed by atoms with Gasteiger partial charge in [0, 0.05) is 0 Å². The molecule has 0 rings (SSSR count). The van der Waals surface area contributed by atoms with Gasteiger partial charge in [0.1, 0.15) is 0 Å². The predicted octanol–water partition coefficient (Wildman–Crippen LogP) is 5.68. The first kappa shape index (κ1) is 29.3. The third kappa shape index (κ3) is 15.1. The van der Waals surface area contributed by atoms with Crippen molar-refractivity contribution < 1.29 is 24.7 Å². The van der Waals surface area contributed by atoms with E-state index in [1.165, 1.54) is 0 Å². The highest BCUT2D eigenvalue weighted by Crippen LogP contribution is 2.26. The third-order valence-electron chi connectivity index (χ3n) is 2.87. The molecule has 0 aromatic heterocycles. The fourth-order valence-electron chi connectivity index (χ4n) is 3.39. The molecule has 0 fully saturated rings. The maximum atomic E-state index is 6.53. The molecule has 0 heterocycles. The summed E-state index contributed by atoms with van der Waals surface area (Å²) in [5.74, 6) is 0. The van der Waals surface area contributed by atoms with E-state index in [1.807, 2.05) is 0 Å². The summed E-state index contributed by atoms with van der Waals surface area (Å²) in [4.78, 5) is 0. The third-order valence-corrected chi connectivity index (χ3v) is 25.8. The van der Waals surface area contributed by atoms with E-state index in [2.05, 4.69) is 98.2 Å². The van der Waals surface area contributed by atoms with Gasteiger partial charge in [-0.25, -0.2) is 0 Å². The van der Waals surface area contributed by atoms with Crippen LogP contribution in [0.15, 0.2) is 0 Å². The van der Waals surface area contributed by atoms with Crippen molar-refractivity contribution in [1.82, 2.24) is 0 Å². The maximum Gasteiger partial charge on any atom is 0.360 e. The summed E-state index contributed by atoms with van der Waals surface area (Å²) < 4.78 is 38.3. The van der Waals surface area contributed by atoms with Crippen LogP contribution >= 0.6 is 0 Å². The lowest BCUT2D eigenvalue weighted by Gasteiger charge is -2.42. The molecule has 1 radical (unpaired) electrons. The molecule has 0 saturated heterocycles. The molecule has 169 valence electrons.